The number of carbonyl (C=O) groups is 2. The molecule has 1 aliphatic heterocycles. The predicted octanol–water partition coefficient (Wildman–Crippen LogP) is 2.58. The van der Waals surface area contributed by atoms with Crippen LogP contribution in [0, 0.1) is 11.8 Å². The fourth-order valence-electron chi connectivity index (χ4n) is 3.75. The zero-order chi connectivity index (χ0) is 26.4. The molecule has 0 bridgehead atoms. The largest absolute Gasteiger partial charge is 0.490 e. The van der Waals surface area contributed by atoms with Crippen LogP contribution in [-0.4, -0.2) is 76.0 Å². The number of aromatic amines is 1. The Bertz CT molecular complexity index is 1310. The zero-order valence-corrected chi connectivity index (χ0v) is 20.0. The maximum absolute atomic E-state index is 13.0. The monoisotopic (exact) mass is 514 g/mol. The number of hydrogen-bond acceptors (Lipinski definition) is 5. The lowest BCUT2D eigenvalue weighted by Crippen LogP contribution is -2.46. The summed E-state index contributed by atoms with van der Waals surface area (Å²) in [5, 5.41) is 2.67. The van der Waals surface area contributed by atoms with Crippen molar-refractivity contribution in [3.63, 3.8) is 0 Å². The van der Waals surface area contributed by atoms with Crippen LogP contribution in [0.1, 0.15) is 11.3 Å². The first-order chi connectivity index (χ1) is 17.7. The van der Waals surface area contributed by atoms with Gasteiger partial charge in [0.15, 0.2) is 0 Å². The van der Waals surface area contributed by atoms with E-state index in [4.69, 9.17) is 4.74 Å². The van der Waals surface area contributed by atoms with Gasteiger partial charge in [-0.05, 0) is 24.3 Å². The van der Waals surface area contributed by atoms with Crippen LogP contribution in [0.3, 0.4) is 0 Å². The summed E-state index contributed by atoms with van der Waals surface area (Å²) in [6.07, 6.45) is 0.555. The number of aromatic nitrogens is 3. The number of hydrogen-bond donors (Lipinski definition) is 2. The van der Waals surface area contributed by atoms with Gasteiger partial charge in [0, 0.05) is 69.2 Å². The standard InChI is InChI=1S/C25H25F3N6O3/c1-32-7-6-18(16-32)2-5-23(36)30-20-14-19(24-29-15-22(31-24)25(26,27)28)3-4-21(20)37-13-12-33-8-10-34(17-35)11-9-33/h3-4,6-7,14-17H,8-13H2,1H3,(H,29,31)(H,30,36). The Balaban J connectivity index is 1.50. The minimum Gasteiger partial charge on any atom is -0.490 e. The first kappa shape index (κ1) is 25.8. The SMILES string of the molecule is Cn1ccc(C#CC(=O)Nc2cc(-c3ncc(C(F)(F)F)[nH]3)ccc2OCCN2CCN(C=O)CC2)c1. The Hall–Kier alpha value is -4.24. The van der Waals surface area contributed by atoms with E-state index in [0.29, 0.717) is 49.3 Å². The number of alkyl halides is 3. The van der Waals surface area contributed by atoms with E-state index in [1.807, 2.05) is 7.05 Å². The molecule has 0 atom stereocenters. The second kappa shape index (κ2) is 11.2. The number of nitrogens with one attached hydrogen (secondary N) is 2. The highest BCUT2D eigenvalue weighted by Gasteiger charge is 2.33. The summed E-state index contributed by atoms with van der Waals surface area (Å²) < 4.78 is 46.7. The van der Waals surface area contributed by atoms with Crippen molar-refractivity contribution in [3.05, 3.63) is 54.1 Å². The number of amides is 2. The molecule has 3 aromatic rings. The van der Waals surface area contributed by atoms with Gasteiger partial charge in [0.25, 0.3) is 0 Å². The molecule has 3 heterocycles. The third-order valence-electron chi connectivity index (χ3n) is 5.76. The summed E-state index contributed by atoms with van der Waals surface area (Å²) in [4.78, 5) is 33.4. The number of carbonyl (C=O) groups excluding carboxylic acids is 2. The number of H-pyrrole nitrogens is 1. The lowest BCUT2D eigenvalue weighted by molar-refractivity contribution is -0.140. The summed E-state index contributed by atoms with van der Waals surface area (Å²) in [5.41, 5.74) is 0.268. The van der Waals surface area contributed by atoms with Crippen molar-refractivity contribution in [1.29, 1.82) is 0 Å². The minimum atomic E-state index is -4.56. The van der Waals surface area contributed by atoms with Gasteiger partial charge in [-0.15, -0.1) is 0 Å². The highest BCUT2D eigenvalue weighted by atomic mass is 19.4. The van der Waals surface area contributed by atoms with Crippen molar-refractivity contribution in [3.8, 4) is 29.0 Å². The Morgan fingerprint density at radius 3 is 2.68 bits per heavy atom. The average molecular weight is 515 g/mol. The number of nitrogens with zero attached hydrogens (tertiary/aromatic N) is 4. The molecule has 0 unspecified atom stereocenters. The van der Waals surface area contributed by atoms with Gasteiger partial charge < -0.3 is 24.5 Å². The normalized spacial score (nSPS) is 14.1. The van der Waals surface area contributed by atoms with Crippen molar-refractivity contribution in [2.45, 2.75) is 6.18 Å². The summed E-state index contributed by atoms with van der Waals surface area (Å²) in [6.45, 7) is 3.63. The summed E-state index contributed by atoms with van der Waals surface area (Å²) in [7, 11) is 1.83. The molecule has 4 rings (SSSR count). The van der Waals surface area contributed by atoms with Gasteiger partial charge in [0.1, 0.15) is 23.9 Å². The van der Waals surface area contributed by atoms with Crippen molar-refractivity contribution in [2.75, 3.05) is 44.6 Å². The molecule has 37 heavy (non-hydrogen) atoms. The highest BCUT2D eigenvalue weighted by molar-refractivity contribution is 6.05. The number of imidazole rings is 1. The molecule has 0 aliphatic carbocycles. The van der Waals surface area contributed by atoms with Crippen molar-refractivity contribution in [1.82, 2.24) is 24.3 Å². The van der Waals surface area contributed by atoms with Crippen LogP contribution < -0.4 is 10.1 Å². The predicted molar refractivity (Wildman–Crippen MR) is 130 cm³/mol. The molecule has 12 heteroatoms. The number of ether oxygens (including phenoxy) is 1. The van der Waals surface area contributed by atoms with Gasteiger partial charge in [-0.2, -0.15) is 13.2 Å². The van der Waals surface area contributed by atoms with Crippen LogP contribution >= 0.6 is 0 Å². The summed E-state index contributed by atoms with van der Waals surface area (Å²) >= 11 is 0. The number of piperazine rings is 1. The van der Waals surface area contributed by atoms with Crippen LogP contribution in [0.2, 0.25) is 0 Å². The molecule has 2 aromatic heterocycles. The molecule has 194 valence electrons. The van der Waals surface area contributed by atoms with E-state index in [9.17, 15) is 22.8 Å². The summed E-state index contributed by atoms with van der Waals surface area (Å²) in [6, 6.07) is 6.37. The van der Waals surface area contributed by atoms with Gasteiger partial charge >= 0.3 is 12.1 Å². The van der Waals surface area contributed by atoms with Crippen molar-refractivity contribution >= 4 is 18.0 Å². The van der Waals surface area contributed by atoms with Crippen LogP contribution in [0.15, 0.2) is 42.9 Å². The second-order valence-corrected chi connectivity index (χ2v) is 8.46. The smallest absolute Gasteiger partial charge is 0.432 e. The third kappa shape index (κ3) is 6.92. The van der Waals surface area contributed by atoms with E-state index in [-0.39, 0.29) is 11.5 Å². The van der Waals surface area contributed by atoms with Crippen LogP contribution in [0.4, 0.5) is 18.9 Å². The second-order valence-electron chi connectivity index (χ2n) is 8.46. The molecule has 0 spiro atoms. The molecule has 1 aromatic carbocycles. The van der Waals surface area contributed by atoms with Gasteiger partial charge in [-0.1, -0.05) is 5.92 Å². The number of benzene rings is 1. The van der Waals surface area contributed by atoms with E-state index in [1.54, 1.807) is 40.1 Å². The molecule has 0 saturated carbocycles. The van der Waals surface area contributed by atoms with Gasteiger partial charge in [0.2, 0.25) is 6.41 Å². The topological polar surface area (TPSA) is 95.5 Å². The van der Waals surface area contributed by atoms with Crippen molar-refractivity contribution in [2.24, 2.45) is 7.05 Å². The van der Waals surface area contributed by atoms with E-state index >= 15 is 0 Å². The fraction of sp³-hybridized carbons (Fsp3) is 0.320. The lowest BCUT2D eigenvalue weighted by atomic mass is 10.1. The van der Waals surface area contributed by atoms with Crippen LogP contribution in [0.5, 0.6) is 5.75 Å². The van der Waals surface area contributed by atoms with Crippen LogP contribution in [-0.2, 0) is 22.8 Å². The van der Waals surface area contributed by atoms with Gasteiger partial charge in [-0.3, -0.25) is 14.5 Å². The number of halogens is 3. The van der Waals surface area contributed by atoms with E-state index in [2.05, 4.69) is 32.0 Å². The molecular weight excluding hydrogens is 489 g/mol. The Morgan fingerprint density at radius 1 is 1.24 bits per heavy atom. The van der Waals surface area contributed by atoms with E-state index in [1.165, 1.54) is 6.07 Å². The molecule has 9 nitrogen and oxygen atoms in total. The maximum atomic E-state index is 13.0. The number of rotatable bonds is 7. The van der Waals surface area contributed by atoms with Crippen LogP contribution in [0.25, 0.3) is 11.4 Å². The van der Waals surface area contributed by atoms with Gasteiger partial charge in [-0.25, -0.2) is 4.98 Å². The Morgan fingerprint density at radius 2 is 2.03 bits per heavy atom. The number of aryl methyl sites for hydroxylation is 1. The Kier molecular flexibility index (Phi) is 7.83. The Labute approximate surface area is 211 Å². The molecule has 0 radical (unpaired) electrons. The molecule has 1 saturated heterocycles. The van der Waals surface area contributed by atoms with E-state index in [0.717, 1.165) is 19.5 Å². The first-order valence-electron chi connectivity index (χ1n) is 11.5. The molecule has 2 amide bonds. The first-order valence-corrected chi connectivity index (χ1v) is 11.5. The quantitative estimate of drug-likeness (QED) is 0.373. The lowest BCUT2D eigenvalue weighted by Gasteiger charge is -2.32. The minimum absolute atomic E-state index is 0.00204. The molecule has 1 aliphatic rings. The van der Waals surface area contributed by atoms with Gasteiger partial charge in [0.05, 0.1) is 11.9 Å². The maximum Gasteiger partial charge on any atom is 0.432 e. The summed E-state index contributed by atoms with van der Waals surface area (Å²) in [5.74, 6) is 5.00. The third-order valence-corrected chi connectivity index (χ3v) is 5.76. The zero-order valence-electron chi connectivity index (χ0n) is 20.0. The van der Waals surface area contributed by atoms with E-state index < -0.39 is 17.8 Å². The molecular formula is C25H25F3N6O3. The van der Waals surface area contributed by atoms with Crippen molar-refractivity contribution < 1.29 is 27.5 Å². The number of anilines is 1. The fourth-order valence-corrected chi connectivity index (χ4v) is 3.75. The average Bonchev–Trinajstić information content (AvgIpc) is 3.53. The highest BCUT2D eigenvalue weighted by Crippen LogP contribution is 2.32. The molecule has 2 N–H and O–H groups in total. The molecule has 1 fully saturated rings.